The van der Waals surface area contributed by atoms with Crippen LogP contribution in [0, 0.1) is 0 Å². The summed E-state index contributed by atoms with van der Waals surface area (Å²) in [6, 6.07) is 5.47. The average Bonchev–Trinajstić information content (AvgIpc) is 2.42. The Hall–Kier alpha value is -2.11. The number of nitrogens with one attached hydrogen (secondary N) is 1. The monoisotopic (exact) mass is 261 g/mol. The number of ether oxygens (including phenoxy) is 1. The van der Waals surface area contributed by atoms with E-state index < -0.39 is 17.7 Å². The maximum atomic E-state index is 12.0. The lowest BCUT2D eigenvalue weighted by atomic mass is 10.0. The van der Waals surface area contributed by atoms with Gasteiger partial charge in [0.05, 0.1) is 5.56 Å². The first-order chi connectivity index (χ1) is 9.07. The van der Waals surface area contributed by atoms with Crippen LogP contribution < -0.4 is 5.32 Å². The van der Waals surface area contributed by atoms with E-state index in [4.69, 9.17) is 4.74 Å². The molecular weight excluding hydrogens is 246 g/mol. The molecule has 2 atom stereocenters. The van der Waals surface area contributed by atoms with Crippen molar-refractivity contribution in [2.75, 3.05) is 7.11 Å². The second kappa shape index (κ2) is 5.26. The Labute approximate surface area is 110 Å². The van der Waals surface area contributed by atoms with Crippen molar-refractivity contribution in [3.05, 3.63) is 54.1 Å². The summed E-state index contributed by atoms with van der Waals surface area (Å²) >= 11 is 0. The highest BCUT2D eigenvalue weighted by Gasteiger charge is 2.35. The van der Waals surface area contributed by atoms with Crippen molar-refractivity contribution in [3.8, 4) is 5.75 Å². The van der Waals surface area contributed by atoms with Crippen molar-refractivity contribution >= 4 is 5.91 Å². The van der Waals surface area contributed by atoms with Crippen molar-refractivity contribution in [1.29, 1.82) is 0 Å². The molecule has 0 bridgehead atoms. The van der Waals surface area contributed by atoms with E-state index in [9.17, 15) is 15.0 Å². The van der Waals surface area contributed by atoms with Gasteiger partial charge < -0.3 is 20.3 Å². The van der Waals surface area contributed by atoms with Crippen LogP contribution in [0.2, 0.25) is 0 Å². The first-order valence-corrected chi connectivity index (χ1v) is 5.79. The zero-order valence-corrected chi connectivity index (χ0v) is 10.4. The molecular formula is C14H15NO4. The lowest BCUT2D eigenvalue weighted by Gasteiger charge is -2.32. The molecule has 3 N–H and O–H groups in total. The maximum Gasteiger partial charge on any atom is 0.255 e. The van der Waals surface area contributed by atoms with Gasteiger partial charge in [-0.15, -0.1) is 0 Å². The van der Waals surface area contributed by atoms with Gasteiger partial charge in [-0.2, -0.15) is 0 Å². The zero-order valence-electron chi connectivity index (χ0n) is 10.4. The largest absolute Gasteiger partial charge is 0.507 e. The van der Waals surface area contributed by atoms with Crippen molar-refractivity contribution < 1.29 is 19.7 Å². The van der Waals surface area contributed by atoms with Gasteiger partial charge in [0.25, 0.3) is 5.91 Å². The normalized spacial score (nSPS) is 25.3. The Morgan fingerprint density at radius 3 is 2.79 bits per heavy atom. The lowest BCUT2D eigenvalue weighted by Crippen LogP contribution is -2.52. The molecule has 1 amide bonds. The van der Waals surface area contributed by atoms with Crippen LogP contribution in [-0.4, -0.2) is 35.1 Å². The van der Waals surface area contributed by atoms with Crippen LogP contribution in [0.15, 0.2) is 48.6 Å². The Balaban J connectivity index is 2.17. The Morgan fingerprint density at radius 2 is 2.11 bits per heavy atom. The minimum atomic E-state index is -1.59. The summed E-state index contributed by atoms with van der Waals surface area (Å²) in [5.41, 5.74) is 0.143. The topological polar surface area (TPSA) is 78.8 Å². The number of carbonyl (C=O) groups is 1. The van der Waals surface area contributed by atoms with Gasteiger partial charge in [-0.1, -0.05) is 30.4 Å². The highest BCUT2D eigenvalue weighted by Crippen LogP contribution is 2.21. The molecule has 0 saturated heterocycles. The van der Waals surface area contributed by atoms with Crippen molar-refractivity contribution in [3.63, 3.8) is 0 Å². The van der Waals surface area contributed by atoms with Gasteiger partial charge in [0.1, 0.15) is 11.8 Å². The summed E-state index contributed by atoms with van der Waals surface area (Å²) in [5.74, 6) is -2.19. The van der Waals surface area contributed by atoms with E-state index in [1.165, 1.54) is 25.3 Å². The Bertz CT molecular complexity index is 538. The molecule has 0 saturated carbocycles. The molecule has 0 aliphatic heterocycles. The molecule has 2 rings (SSSR count). The number of carbonyl (C=O) groups excluding carboxylic acids is 1. The molecule has 5 nitrogen and oxygen atoms in total. The van der Waals surface area contributed by atoms with Crippen LogP contribution in [0.1, 0.15) is 10.4 Å². The standard InChI is InChI=1S/C14H15NO4/c1-19-14(18)9-5-4-8-12(14)15-13(17)10-6-2-3-7-11(10)16/h2-9,12,16,18H,1H3,(H,15,17). The number of allylic oxidation sites excluding steroid dienone is 2. The Morgan fingerprint density at radius 1 is 1.37 bits per heavy atom. The lowest BCUT2D eigenvalue weighted by molar-refractivity contribution is -0.157. The van der Waals surface area contributed by atoms with E-state index in [2.05, 4.69) is 5.32 Å². The number of phenols is 1. The van der Waals surface area contributed by atoms with Gasteiger partial charge >= 0.3 is 0 Å². The molecule has 2 unspecified atom stereocenters. The number of methoxy groups -OCH3 is 1. The van der Waals surface area contributed by atoms with Gasteiger partial charge in [-0.25, -0.2) is 0 Å². The first kappa shape index (κ1) is 13.3. The number of rotatable bonds is 3. The fourth-order valence-electron chi connectivity index (χ4n) is 1.84. The van der Waals surface area contributed by atoms with E-state index in [0.29, 0.717) is 0 Å². The molecule has 1 aliphatic carbocycles. The zero-order chi connectivity index (χ0) is 13.9. The van der Waals surface area contributed by atoms with Gasteiger partial charge in [-0.3, -0.25) is 4.79 Å². The van der Waals surface area contributed by atoms with Crippen molar-refractivity contribution in [2.24, 2.45) is 0 Å². The quantitative estimate of drug-likeness (QED) is 0.708. The number of para-hydroxylation sites is 1. The number of phenolic OH excluding ortho intramolecular Hbond substituents is 1. The number of amides is 1. The second-order valence-electron chi connectivity index (χ2n) is 4.17. The predicted molar refractivity (Wildman–Crippen MR) is 69.6 cm³/mol. The van der Waals surface area contributed by atoms with Crippen molar-refractivity contribution in [1.82, 2.24) is 5.32 Å². The summed E-state index contributed by atoms with van der Waals surface area (Å²) in [7, 11) is 1.35. The minimum Gasteiger partial charge on any atom is -0.507 e. The summed E-state index contributed by atoms with van der Waals surface area (Å²) in [6.07, 6.45) is 6.39. The van der Waals surface area contributed by atoms with Crippen LogP contribution in [0.4, 0.5) is 0 Å². The minimum absolute atomic E-state index is 0.115. The summed E-state index contributed by atoms with van der Waals surface area (Å²) in [5, 5.41) is 22.4. The van der Waals surface area contributed by atoms with Gasteiger partial charge in [0.2, 0.25) is 5.79 Å². The molecule has 1 aliphatic rings. The van der Waals surface area contributed by atoms with E-state index in [0.717, 1.165) is 0 Å². The van der Waals surface area contributed by atoms with Gasteiger partial charge in [0.15, 0.2) is 0 Å². The summed E-state index contributed by atoms with van der Waals surface area (Å²) < 4.78 is 5.00. The fraction of sp³-hybridized carbons (Fsp3) is 0.214. The third-order valence-electron chi connectivity index (χ3n) is 2.96. The molecule has 100 valence electrons. The summed E-state index contributed by atoms with van der Waals surface area (Å²) in [4.78, 5) is 12.0. The number of hydrogen-bond donors (Lipinski definition) is 3. The van der Waals surface area contributed by atoms with Gasteiger partial charge in [-0.05, 0) is 18.2 Å². The molecule has 0 fully saturated rings. The van der Waals surface area contributed by atoms with E-state index >= 15 is 0 Å². The first-order valence-electron chi connectivity index (χ1n) is 5.79. The molecule has 0 spiro atoms. The second-order valence-corrected chi connectivity index (χ2v) is 4.17. The molecule has 0 aromatic heterocycles. The number of benzene rings is 1. The smallest absolute Gasteiger partial charge is 0.255 e. The predicted octanol–water partition coefficient (Wildman–Crippen LogP) is 0.952. The number of hydrogen-bond acceptors (Lipinski definition) is 4. The molecule has 5 heteroatoms. The molecule has 1 aromatic carbocycles. The third kappa shape index (κ3) is 2.67. The van der Waals surface area contributed by atoms with Gasteiger partial charge in [0, 0.05) is 7.11 Å². The molecule has 0 radical (unpaired) electrons. The molecule has 0 heterocycles. The van der Waals surface area contributed by atoms with Crippen molar-refractivity contribution in [2.45, 2.75) is 11.8 Å². The number of aromatic hydroxyl groups is 1. The van der Waals surface area contributed by atoms with Crippen LogP contribution in [0.3, 0.4) is 0 Å². The maximum absolute atomic E-state index is 12.0. The highest BCUT2D eigenvalue weighted by molar-refractivity contribution is 5.97. The van der Waals surface area contributed by atoms with Crippen LogP contribution in [-0.2, 0) is 4.74 Å². The van der Waals surface area contributed by atoms with E-state index in [1.54, 1.807) is 30.4 Å². The molecule has 19 heavy (non-hydrogen) atoms. The average molecular weight is 261 g/mol. The Kier molecular flexibility index (Phi) is 3.69. The third-order valence-corrected chi connectivity index (χ3v) is 2.96. The van der Waals surface area contributed by atoms with Crippen LogP contribution in [0.25, 0.3) is 0 Å². The number of aliphatic hydroxyl groups is 1. The van der Waals surface area contributed by atoms with E-state index in [1.807, 2.05) is 0 Å². The van der Waals surface area contributed by atoms with Crippen LogP contribution in [0.5, 0.6) is 5.75 Å². The SMILES string of the molecule is COC1(O)C=CC=CC1NC(=O)c1ccccc1O. The van der Waals surface area contributed by atoms with E-state index in [-0.39, 0.29) is 11.3 Å². The van der Waals surface area contributed by atoms with Crippen LogP contribution >= 0.6 is 0 Å². The summed E-state index contributed by atoms with van der Waals surface area (Å²) in [6.45, 7) is 0. The highest BCUT2D eigenvalue weighted by atomic mass is 16.6. The molecule has 1 aromatic rings. The fourth-order valence-corrected chi connectivity index (χ4v) is 1.84.